The summed E-state index contributed by atoms with van der Waals surface area (Å²) < 4.78 is 24.1. The van der Waals surface area contributed by atoms with E-state index in [2.05, 4.69) is 31.3 Å². The maximum atomic E-state index is 12.0. The van der Waals surface area contributed by atoms with Crippen LogP contribution in [0.25, 0.3) is 0 Å². The Balaban J connectivity index is 2.55. The Hall–Kier alpha value is -0.960. The van der Waals surface area contributed by atoms with Crippen molar-refractivity contribution in [3.05, 3.63) is 35.9 Å². The third-order valence-electron chi connectivity index (χ3n) is 2.70. The molecular weight excluding hydrogens is 208 g/mol. The Kier molecular flexibility index (Phi) is 5.39. The Labute approximate surface area is 95.9 Å². The second-order valence-corrected chi connectivity index (χ2v) is 4.31. The van der Waals surface area contributed by atoms with Crippen LogP contribution in [-0.2, 0) is 0 Å². The quantitative estimate of drug-likeness (QED) is 0.786. The summed E-state index contributed by atoms with van der Waals surface area (Å²) in [6.07, 6.45) is -2.27. The van der Waals surface area contributed by atoms with Crippen molar-refractivity contribution in [1.82, 2.24) is 5.32 Å². The summed E-state index contributed by atoms with van der Waals surface area (Å²) in [5.41, 5.74) is 1.21. The third-order valence-corrected chi connectivity index (χ3v) is 2.70. The lowest BCUT2D eigenvalue weighted by Crippen LogP contribution is -2.28. The molecule has 0 aliphatic heterocycles. The monoisotopic (exact) mass is 227 g/mol. The number of hydrogen-bond donors (Lipinski definition) is 1. The van der Waals surface area contributed by atoms with E-state index in [9.17, 15) is 8.78 Å². The minimum atomic E-state index is -2.27. The van der Waals surface area contributed by atoms with Gasteiger partial charge in [0.15, 0.2) is 0 Å². The fourth-order valence-electron chi connectivity index (χ4n) is 1.79. The average Bonchev–Trinajstić information content (AvgIpc) is 2.25. The van der Waals surface area contributed by atoms with Gasteiger partial charge in [-0.1, -0.05) is 44.2 Å². The summed E-state index contributed by atoms with van der Waals surface area (Å²) >= 11 is 0. The van der Waals surface area contributed by atoms with Crippen LogP contribution < -0.4 is 5.32 Å². The summed E-state index contributed by atoms with van der Waals surface area (Å²) in [4.78, 5) is 0. The third kappa shape index (κ3) is 4.27. The predicted octanol–water partition coefficient (Wildman–Crippen LogP) is 3.28. The summed E-state index contributed by atoms with van der Waals surface area (Å²) in [6.45, 7) is 4.60. The maximum Gasteiger partial charge on any atom is 0.250 e. The molecule has 0 heterocycles. The van der Waals surface area contributed by atoms with Crippen molar-refractivity contribution in [2.24, 2.45) is 5.92 Å². The predicted molar refractivity (Wildman–Crippen MR) is 62.9 cm³/mol. The number of rotatable bonds is 6. The lowest BCUT2D eigenvalue weighted by molar-refractivity contribution is 0.144. The molecule has 0 aliphatic carbocycles. The van der Waals surface area contributed by atoms with Gasteiger partial charge in [-0.2, -0.15) is 0 Å². The maximum absolute atomic E-state index is 12.0. The smallest absolute Gasteiger partial charge is 0.250 e. The Bertz CT molecular complexity index is 285. The van der Waals surface area contributed by atoms with Gasteiger partial charge in [-0.05, 0) is 17.4 Å². The van der Waals surface area contributed by atoms with Crippen LogP contribution in [0.1, 0.15) is 25.3 Å². The van der Waals surface area contributed by atoms with Crippen LogP contribution >= 0.6 is 0 Å². The van der Waals surface area contributed by atoms with Crippen LogP contribution in [0.3, 0.4) is 0 Å². The summed E-state index contributed by atoms with van der Waals surface area (Å²) in [5, 5.41) is 2.81. The molecule has 1 N–H and O–H groups in total. The van der Waals surface area contributed by atoms with E-state index in [4.69, 9.17) is 0 Å². The number of benzene rings is 1. The summed E-state index contributed by atoms with van der Waals surface area (Å²) in [6, 6.07) is 10.0. The highest BCUT2D eigenvalue weighted by molar-refractivity contribution is 5.20. The van der Waals surface area contributed by atoms with E-state index in [1.807, 2.05) is 18.2 Å². The minimum absolute atomic E-state index is 0.226. The van der Waals surface area contributed by atoms with Crippen LogP contribution in [0.5, 0.6) is 0 Å². The van der Waals surface area contributed by atoms with Crippen molar-refractivity contribution in [1.29, 1.82) is 0 Å². The standard InChI is InChI=1S/C13H19F2N/c1-10(2)12(8-16-9-13(14)15)11-6-4-3-5-7-11/h3-7,10,12-13,16H,8-9H2,1-2H3. The number of alkyl halides is 2. The zero-order valence-electron chi connectivity index (χ0n) is 9.79. The van der Waals surface area contributed by atoms with E-state index in [-0.39, 0.29) is 6.54 Å². The molecule has 0 radical (unpaired) electrons. The molecule has 1 nitrogen and oxygen atoms in total. The van der Waals surface area contributed by atoms with Gasteiger partial charge < -0.3 is 5.32 Å². The molecule has 0 spiro atoms. The summed E-state index contributed by atoms with van der Waals surface area (Å²) in [5.74, 6) is 0.729. The fraction of sp³-hybridized carbons (Fsp3) is 0.538. The average molecular weight is 227 g/mol. The highest BCUT2D eigenvalue weighted by Crippen LogP contribution is 2.23. The number of nitrogens with one attached hydrogen (secondary N) is 1. The van der Waals surface area contributed by atoms with Crippen molar-refractivity contribution in [3.8, 4) is 0 Å². The molecule has 1 unspecified atom stereocenters. The molecule has 0 aromatic heterocycles. The highest BCUT2D eigenvalue weighted by Gasteiger charge is 2.15. The fourth-order valence-corrected chi connectivity index (χ4v) is 1.79. The molecule has 0 saturated carbocycles. The molecule has 1 rings (SSSR count). The molecule has 0 bridgehead atoms. The molecule has 1 atom stereocenters. The largest absolute Gasteiger partial charge is 0.311 e. The highest BCUT2D eigenvalue weighted by atomic mass is 19.3. The SMILES string of the molecule is CC(C)C(CNCC(F)F)c1ccccc1. The number of hydrogen-bond acceptors (Lipinski definition) is 1. The zero-order chi connectivity index (χ0) is 12.0. The van der Waals surface area contributed by atoms with Crippen molar-refractivity contribution >= 4 is 0 Å². The molecule has 0 amide bonds. The van der Waals surface area contributed by atoms with E-state index in [0.29, 0.717) is 18.4 Å². The van der Waals surface area contributed by atoms with Gasteiger partial charge in [0.05, 0.1) is 6.54 Å². The van der Waals surface area contributed by atoms with Gasteiger partial charge >= 0.3 is 0 Å². The lowest BCUT2D eigenvalue weighted by atomic mass is 9.88. The first kappa shape index (κ1) is 13.1. The molecule has 16 heavy (non-hydrogen) atoms. The van der Waals surface area contributed by atoms with Crippen LogP contribution in [0.15, 0.2) is 30.3 Å². The van der Waals surface area contributed by atoms with Gasteiger partial charge in [0.25, 0.3) is 6.43 Å². The van der Waals surface area contributed by atoms with Crippen LogP contribution in [0.2, 0.25) is 0 Å². The topological polar surface area (TPSA) is 12.0 Å². The first-order valence-corrected chi connectivity index (χ1v) is 5.65. The minimum Gasteiger partial charge on any atom is -0.311 e. The van der Waals surface area contributed by atoms with E-state index in [1.165, 1.54) is 5.56 Å². The Morgan fingerprint density at radius 1 is 1.06 bits per heavy atom. The summed E-state index contributed by atoms with van der Waals surface area (Å²) in [7, 11) is 0. The second-order valence-electron chi connectivity index (χ2n) is 4.31. The lowest BCUT2D eigenvalue weighted by Gasteiger charge is -2.21. The Morgan fingerprint density at radius 2 is 1.69 bits per heavy atom. The van der Waals surface area contributed by atoms with Crippen molar-refractivity contribution in [3.63, 3.8) is 0 Å². The van der Waals surface area contributed by atoms with E-state index in [1.54, 1.807) is 0 Å². The molecule has 1 aromatic carbocycles. The van der Waals surface area contributed by atoms with Crippen molar-refractivity contribution in [2.45, 2.75) is 26.2 Å². The zero-order valence-corrected chi connectivity index (χ0v) is 9.79. The number of halogens is 2. The van der Waals surface area contributed by atoms with Crippen molar-refractivity contribution < 1.29 is 8.78 Å². The van der Waals surface area contributed by atoms with Crippen LogP contribution in [0.4, 0.5) is 8.78 Å². The van der Waals surface area contributed by atoms with Crippen molar-refractivity contribution in [2.75, 3.05) is 13.1 Å². The van der Waals surface area contributed by atoms with Gasteiger partial charge in [0.1, 0.15) is 0 Å². The first-order valence-electron chi connectivity index (χ1n) is 5.65. The first-order chi connectivity index (χ1) is 7.61. The molecule has 90 valence electrons. The van der Waals surface area contributed by atoms with E-state index >= 15 is 0 Å². The van der Waals surface area contributed by atoms with E-state index < -0.39 is 6.43 Å². The molecule has 1 aromatic rings. The van der Waals surface area contributed by atoms with Crippen LogP contribution in [0, 0.1) is 5.92 Å². The normalized spacial score (nSPS) is 13.4. The Morgan fingerprint density at radius 3 is 2.19 bits per heavy atom. The molecule has 0 aliphatic rings. The van der Waals surface area contributed by atoms with Gasteiger partial charge in [-0.15, -0.1) is 0 Å². The van der Waals surface area contributed by atoms with E-state index in [0.717, 1.165) is 0 Å². The van der Waals surface area contributed by atoms with Gasteiger partial charge in [0.2, 0.25) is 0 Å². The molecular formula is C13H19F2N. The second kappa shape index (κ2) is 6.59. The van der Waals surface area contributed by atoms with Gasteiger partial charge in [0, 0.05) is 6.54 Å². The van der Waals surface area contributed by atoms with Gasteiger partial charge in [-0.3, -0.25) is 0 Å². The van der Waals surface area contributed by atoms with Gasteiger partial charge in [-0.25, -0.2) is 8.78 Å². The van der Waals surface area contributed by atoms with Crippen LogP contribution in [-0.4, -0.2) is 19.5 Å². The molecule has 0 saturated heterocycles. The molecule has 3 heteroatoms. The molecule has 0 fully saturated rings.